The molecule has 0 saturated heterocycles. The van der Waals surface area contributed by atoms with Crippen LogP contribution in [0, 0.1) is 20.8 Å². The van der Waals surface area contributed by atoms with Crippen LogP contribution in [-0.4, -0.2) is 19.2 Å². The lowest BCUT2D eigenvalue weighted by atomic mass is 9.97. The van der Waals surface area contributed by atoms with Gasteiger partial charge >= 0.3 is 0 Å². The molecule has 1 aromatic rings. The van der Waals surface area contributed by atoms with Gasteiger partial charge in [0.2, 0.25) is 0 Å². The Balaban J connectivity index is 2.98. The Morgan fingerprint density at radius 3 is 2.33 bits per heavy atom. The van der Waals surface area contributed by atoms with Crippen molar-refractivity contribution in [3.63, 3.8) is 0 Å². The zero-order valence-electron chi connectivity index (χ0n) is 12.5. The number of aryl methyl sites for hydroxylation is 1. The van der Waals surface area contributed by atoms with Gasteiger partial charge in [-0.1, -0.05) is 6.07 Å². The summed E-state index contributed by atoms with van der Waals surface area (Å²) in [7, 11) is 1.73. The Labute approximate surface area is 111 Å². The molecule has 0 aliphatic carbocycles. The van der Waals surface area contributed by atoms with Crippen molar-refractivity contribution in [1.82, 2.24) is 5.32 Å². The first kappa shape index (κ1) is 15.0. The van der Waals surface area contributed by atoms with Gasteiger partial charge < -0.3 is 15.8 Å². The van der Waals surface area contributed by atoms with E-state index in [0.717, 1.165) is 12.3 Å². The van der Waals surface area contributed by atoms with Gasteiger partial charge in [0.05, 0.1) is 7.11 Å². The van der Waals surface area contributed by atoms with Crippen LogP contribution in [0.2, 0.25) is 0 Å². The molecule has 0 atom stereocenters. The summed E-state index contributed by atoms with van der Waals surface area (Å²) in [5.74, 6) is 0.995. The van der Waals surface area contributed by atoms with Crippen molar-refractivity contribution in [2.24, 2.45) is 5.73 Å². The van der Waals surface area contributed by atoms with Crippen molar-refractivity contribution in [3.05, 3.63) is 28.3 Å². The molecule has 102 valence electrons. The molecular formula is C15H26N2O. The highest BCUT2D eigenvalue weighted by atomic mass is 16.5. The molecule has 3 nitrogen and oxygen atoms in total. The van der Waals surface area contributed by atoms with Crippen molar-refractivity contribution in [2.45, 2.75) is 46.7 Å². The lowest BCUT2D eigenvalue weighted by molar-refractivity contribution is 0.394. The largest absolute Gasteiger partial charge is 0.496 e. The molecule has 1 rings (SSSR count). The van der Waals surface area contributed by atoms with Crippen molar-refractivity contribution in [1.29, 1.82) is 0 Å². The molecule has 0 saturated carbocycles. The molecule has 0 bridgehead atoms. The number of nitrogens with one attached hydrogen (secondary N) is 1. The fourth-order valence-corrected chi connectivity index (χ4v) is 2.05. The fraction of sp³-hybridized carbons (Fsp3) is 0.600. The Morgan fingerprint density at radius 2 is 1.83 bits per heavy atom. The third-order valence-corrected chi connectivity index (χ3v) is 3.61. The number of hydrogen-bond donors (Lipinski definition) is 2. The summed E-state index contributed by atoms with van der Waals surface area (Å²) in [5, 5.41) is 3.49. The zero-order chi connectivity index (χ0) is 13.9. The Hall–Kier alpha value is -1.06. The molecular weight excluding hydrogens is 224 g/mol. The topological polar surface area (TPSA) is 47.3 Å². The minimum atomic E-state index is -0.0336. The quantitative estimate of drug-likeness (QED) is 0.844. The fourth-order valence-electron chi connectivity index (χ4n) is 2.05. The van der Waals surface area contributed by atoms with Crippen LogP contribution < -0.4 is 15.8 Å². The molecule has 18 heavy (non-hydrogen) atoms. The number of hydrogen-bond acceptors (Lipinski definition) is 3. The van der Waals surface area contributed by atoms with E-state index in [1.165, 1.54) is 22.3 Å². The van der Waals surface area contributed by atoms with Crippen LogP contribution in [0.1, 0.15) is 36.1 Å². The zero-order valence-corrected chi connectivity index (χ0v) is 12.5. The first-order valence-electron chi connectivity index (χ1n) is 6.41. The maximum atomic E-state index is 5.73. The van der Waals surface area contributed by atoms with E-state index in [4.69, 9.17) is 10.5 Å². The molecule has 3 heteroatoms. The van der Waals surface area contributed by atoms with Gasteiger partial charge in [-0.05, 0) is 56.9 Å². The third kappa shape index (κ3) is 3.24. The molecule has 0 heterocycles. The molecule has 0 aliphatic rings. The van der Waals surface area contributed by atoms with Crippen molar-refractivity contribution in [3.8, 4) is 5.75 Å². The minimum Gasteiger partial charge on any atom is -0.496 e. The Bertz CT molecular complexity index is 425. The standard InChI is InChI=1S/C15H26N2O/c1-10-7-13(8-17-15(4,5)9-16)11(2)12(3)14(10)18-6/h7,17H,8-9,16H2,1-6H3. The van der Waals surface area contributed by atoms with E-state index in [1.54, 1.807) is 7.11 Å². The van der Waals surface area contributed by atoms with E-state index in [2.05, 4.69) is 46.0 Å². The second kappa shape index (κ2) is 5.72. The van der Waals surface area contributed by atoms with Gasteiger partial charge in [-0.25, -0.2) is 0 Å². The molecule has 0 spiro atoms. The van der Waals surface area contributed by atoms with Crippen molar-refractivity contribution >= 4 is 0 Å². The maximum absolute atomic E-state index is 5.73. The number of ether oxygens (including phenoxy) is 1. The summed E-state index contributed by atoms with van der Waals surface area (Å²) < 4.78 is 5.44. The average Bonchev–Trinajstić information content (AvgIpc) is 2.33. The van der Waals surface area contributed by atoms with E-state index < -0.39 is 0 Å². The summed E-state index contributed by atoms with van der Waals surface area (Å²) in [4.78, 5) is 0. The number of nitrogens with two attached hydrogens (primary N) is 1. The van der Waals surface area contributed by atoms with Gasteiger partial charge in [0.25, 0.3) is 0 Å². The lowest BCUT2D eigenvalue weighted by Gasteiger charge is -2.25. The predicted octanol–water partition coefficient (Wildman–Crippen LogP) is 2.45. The van der Waals surface area contributed by atoms with Gasteiger partial charge in [0, 0.05) is 18.6 Å². The summed E-state index contributed by atoms with van der Waals surface area (Å²) >= 11 is 0. The van der Waals surface area contributed by atoms with E-state index in [9.17, 15) is 0 Å². The Morgan fingerprint density at radius 1 is 1.22 bits per heavy atom. The predicted molar refractivity (Wildman–Crippen MR) is 77.2 cm³/mol. The van der Waals surface area contributed by atoms with Crippen LogP contribution in [0.25, 0.3) is 0 Å². The number of methoxy groups -OCH3 is 1. The molecule has 0 aliphatic heterocycles. The molecule has 0 fully saturated rings. The normalized spacial score (nSPS) is 11.7. The maximum Gasteiger partial charge on any atom is 0.124 e. The minimum absolute atomic E-state index is 0.0336. The Kier molecular flexibility index (Phi) is 4.77. The van der Waals surface area contributed by atoms with Crippen LogP contribution in [0.3, 0.4) is 0 Å². The highest BCUT2D eigenvalue weighted by Crippen LogP contribution is 2.28. The van der Waals surface area contributed by atoms with E-state index in [-0.39, 0.29) is 5.54 Å². The van der Waals surface area contributed by atoms with Gasteiger partial charge in [0.1, 0.15) is 5.75 Å². The summed E-state index contributed by atoms with van der Waals surface area (Å²) in [6, 6.07) is 2.20. The summed E-state index contributed by atoms with van der Waals surface area (Å²) in [6.07, 6.45) is 0. The first-order chi connectivity index (χ1) is 8.32. The SMILES string of the molecule is COc1c(C)cc(CNC(C)(C)CN)c(C)c1C. The van der Waals surface area contributed by atoms with Gasteiger partial charge in [0.15, 0.2) is 0 Å². The summed E-state index contributed by atoms with van der Waals surface area (Å²) in [5.41, 5.74) is 10.7. The molecule has 0 unspecified atom stereocenters. The van der Waals surface area contributed by atoms with Crippen LogP contribution in [0.4, 0.5) is 0 Å². The molecule has 3 N–H and O–H groups in total. The molecule has 0 amide bonds. The van der Waals surface area contributed by atoms with Crippen LogP contribution in [-0.2, 0) is 6.54 Å². The van der Waals surface area contributed by atoms with E-state index >= 15 is 0 Å². The highest BCUT2D eigenvalue weighted by molar-refractivity contribution is 5.48. The van der Waals surface area contributed by atoms with E-state index in [1.807, 2.05) is 0 Å². The molecule has 0 aromatic heterocycles. The highest BCUT2D eigenvalue weighted by Gasteiger charge is 2.16. The van der Waals surface area contributed by atoms with Gasteiger partial charge in [-0.15, -0.1) is 0 Å². The van der Waals surface area contributed by atoms with Crippen molar-refractivity contribution in [2.75, 3.05) is 13.7 Å². The third-order valence-electron chi connectivity index (χ3n) is 3.61. The second-order valence-electron chi connectivity index (χ2n) is 5.58. The van der Waals surface area contributed by atoms with Crippen LogP contribution in [0.5, 0.6) is 5.75 Å². The number of benzene rings is 1. The summed E-state index contributed by atoms with van der Waals surface area (Å²) in [6.45, 7) is 12.0. The second-order valence-corrected chi connectivity index (χ2v) is 5.58. The van der Waals surface area contributed by atoms with Crippen LogP contribution >= 0.6 is 0 Å². The number of rotatable bonds is 5. The van der Waals surface area contributed by atoms with Gasteiger partial charge in [-0.2, -0.15) is 0 Å². The first-order valence-corrected chi connectivity index (χ1v) is 6.41. The van der Waals surface area contributed by atoms with Crippen LogP contribution in [0.15, 0.2) is 6.07 Å². The van der Waals surface area contributed by atoms with Crippen molar-refractivity contribution < 1.29 is 4.74 Å². The lowest BCUT2D eigenvalue weighted by Crippen LogP contribution is -2.45. The molecule has 0 radical (unpaired) electrons. The monoisotopic (exact) mass is 250 g/mol. The smallest absolute Gasteiger partial charge is 0.124 e. The molecule has 1 aromatic carbocycles. The van der Waals surface area contributed by atoms with E-state index in [0.29, 0.717) is 6.54 Å². The average molecular weight is 250 g/mol. The van der Waals surface area contributed by atoms with Gasteiger partial charge in [-0.3, -0.25) is 0 Å².